The predicted octanol–water partition coefficient (Wildman–Crippen LogP) is 25.2. The molecule has 1 aliphatic heterocycles. The first kappa shape index (κ1) is 134. The molecule has 0 saturated carbocycles. The molecule has 0 aliphatic carbocycles. The molecule has 0 atom stereocenters. The van der Waals surface area contributed by atoms with Gasteiger partial charge in [-0.25, -0.2) is 24.9 Å². The number of pyridine rings is 1. The number of aromatic amines is 1. The van der Waals surface area contributed by atoms with Crippen LogP contribution in [0.25, 0.3) is 42.6 Å². The van der Waals surface area contributed by atoms with Crippen molar-refractivity contribution in [2.75, 3.05) is 12.3 Å². The first-order valence-corrected chi connectivity index (χ1v) is 45.5. The summed E-state index contributed by atoms with van der Waals surface area (Å²) in [4.78, 5) is 34.3. The van der Waals surface area contributed by atoms with Gasteiger partial charge in [-0.3, -0.25) is 20.1 Å². The van der Waals surface area contributed by atoms with Gasteiger partial charge in [0, 0.05) is 67.3 Å². The smallest absolute Gasteiger partial charge is 0.200 e. The fourth-order valence-electron chi connectivity index (χ4n) is 8.50. The van der Waals surface area contributed by atoms with Crippen molar-refractivity contribution in [3.8, 4) is 0 Å². The van der Waals surface area contributed by atoms with Crippen LogP contribution < -0.4 is 22.2 Å². The highest BCUT2D eigenvalue weighted by Crippen LogP contribution is 2.32. The van der Waals surface area contributed by atoms with E-state index in [1.165, 1.54) is 84.3 Å². The van der Waals surface area contributed by atoms with Crippen molar-refractivity contribution in [2.45, 2.75) is 322 Å². The molecule has 0 bridgehead atoms. The van der Waals surface area contributed by atoms with Crippen molar-refractivity contribution < 1.29 is 13.3 Å². The zero-order chi connectivity index (χ0) is 99.6. The van der Waals surface area contributed by atoms with Gasteiger partial charge in [-0.05, 0) is 118 Å². The minimum Gasteiger partial charge on any atom is -0.461 e. The molecule has 13 aromatic rings. The van der Waals surface area contributed by atoms with Crippen LogP contribution >= 0.6 is 34.4 Å². The highest BCUT2D eigenvalue weighted by atomic mass is 32.2. The van der Waals surface area contributed by atoms with Crippen LogP contribution in [0, 0.1) is 17.8 Å². The maximum atomic E-state index is 5.62. The first-order valence-electron chi connectivity index (χ1n) is 42.9. The number of aryl methyl sites for hydroxylation is 1. The monoisotopic (exact) mass is 1790 g/mol. The second kappa shape index (κ2) is 69.0. The van der Waals surface area contributed by atoms with E-state index in [1.54, 1.807) is 29.3 Å². The molecule has 1 aliphatic rings. The zero-order valence-electron chi connectivity index (χ0n) is 85.2. The summed E-state index contributed by atoms with van der Waals surface area (Å²) in [5.74, 6) is 3.08. The van der Waals surface area contributed by atoms with Gasteiger partial charge >= 0.3 is 0 Å². The number of benzene rings is 5. The third-order valence-corrected chi connectivity index (χ3v) is 17.5. The lowest BCUT2D eigenvalue weighted by molar-refractivity contribution is 0.411. The second-order valence-corrected chi connectivity index (χ2v) is 40.4. The maximum absolute atomic E-state index is 5.62. The van der Waals surface area contributed by atoms with Crippen molar-refractivity contribution in [1.29, 1.82) is 0 Å². The SMILES string of the molecule is C.C.CC.CC.CC(C)(C)C.CC(C)(C)C.CC(C)(C)c1ccccc1.CC(C)(C)c1ccccn1.CC(C)(C)c1cccnn1.CC(C)(C)c1nc2ccccc2o1.CC(C)(C)c1nc2ccccc2s1.[B]C.[B]C.[B]C.[B]C.[B]C.[B]C1=NCCS1.[B]c1nc(C(C)(C)C)n[nH]1.[B]c1nc2cc(C(C)(C)C)ccc2o1.[B]c1nc2cc(C)ccc2s1.[B]c1ncco1. The second-order valence-electron chi connectivity index (χ2n) is 37.2. The Morgan fingerprint density at radius 1 is 0.380 bits per heavy atom. The lowest BCUT2D eigenvalue weighted by atomic mass is 9.87. The molecule has 0 unspecified atom stereocenters. The molecule has 28 heteroatoms. The highest BCUT2D eigenvalue weighted by Gasteiger charge is 2.23. The molecule has 0 spiro atoms. The number of aromatic nitrogens is 11. The number of aliphatic imine (C=N–C) groups is 1. The van der Waals surface area contributed by atoms with Gasteiger partial charge in [-0.15, -0.1) is 34.4 Å². The topological polar surface area (TPSA) is 196 Å². The van der Waals surface area contributed by atoms with E-state index in [9.17, 15) is 0 Å². The Balaban J connectivity index is -0.000000251. The lowest BCUT2D eigenvalue weighted by Crippen LogP contribution is -2.15. The lowest BCUT2D eigenvalue weighted by Gasteiger charge is -2.18. The maximum Gasteiger partial charge on any atom is 0.200 e. The zero-order valence-corrected chi connectivity index (χ0v) is 87.7. The van der Waals surface area contributed by atoms with Gasteiger partial charge in [-0.1, -0.05) is 350 Å². The highest BCUT2D eigenvalue weighted by molar-refractivity contribution is 8.16. The molecule has 15 nitrogen and oxygen atoms in total. The number of hydrogen-bond acceptors (Lipinski definition) is 17. The van der Waals surface area contributed by atoms with E-state index in [-0.39, 0.29) is 58.9 Å². The van der Waals surface area contributed by atoms with E-state index in [1.807, 2.05) is 134 Å². The summed E-state index contributed by atoms with van der Waals surface area (Å²) in [6.07, 6.45) is 6.44. The summed E-state index contributed by atoms with van der Waals surface area (Å²) in [5, 5.41) is 15.5. The molecule has 0 saturated heterocycles. The summed E-state index contributed by atoms with van der Waals surface area (Å²) in [6, 6.07) is 48.8. The van der Waals surface area contributed by atoms with Crippen LogP contribution in [-0.2, 0) is 37.9 Å². The van der Waals surface area contributed by atoms with Crippen molar-refractivity contribution >= 4 is 183 Å². The average molecular weight is 1790 g/mol. The largest absolute Gasteiger partial charge is 0.461 e. The van der Waals surface area contributed by atoms with Crippen LogP contribution in [0.3, 0.4) is 0 Å². The van der Waals surface area contributed by atoms with E-state index < -0.39 is 0 Å². The molecule has 1 N–H and O–H groups in total. The van der Waals surface area contributed by atoms with Gasteiger partial charge in [-0.2, -0.15) is 15.3 Å². The molecule has 14 rings (SSSR count). The Bertz CT molecular complexity index is 4570. The van der Waals surface area contributed by atoms with Gasteiger partial charge in [0.15, 0.2) is 56.2 Å². The number of rotatable bonds is 0. The molecular formula is C101H158B10N12O3S3. The Hall–Kier alpha value is -7.93. The van der Waals surface area contributed by atoms with Crippen LogP contribution in [0.15, 0.2) is 189 Å². The molecule has 9 heterocycles. The number of hydrogen-bond donors (Lipinski definition) is 1. The summed E-state index contributed by atoms with van der Waals surface area (Å²) >= 11 is 4.95. The molecule has 0 amide bonds. The van der Waals surface area contributed by atoms with E-state index in [2.05, 4.69) is 358 Å². The predicted molar refractivity (Wildman–Crippen MR) is 585 cm³/mol. The van der Waals surface area contributed by atoms with Crippen molar-refractivity contribution in [1.82, 2.24) is 55.3 Å². The fraction of sp³-hybridized carbons (Fsp3) is 0.515. The Labute approximate surface area is 811 Å². The molecule has 129 heavy (non-hydrogen) atoms. The number of thioether (sulfide) groups is 1. The molecule has 8 aromatic heterocycles. The van der Waals surface area contributed by atoms with Gasteiger partial charge in [0.2, 0.25) is 5.89 Å². The number of nitrogens with zero attached hydrogens (tertiary/aromatic N) is 11. The number of nitrogens with one attached hydrogen (secondary N) is 1. The summed E-state index contributed by atoms with van der Waals surface area (Å²) in [5.41, 5.74) is 13.8. The molecule has 5 aromatic carbocycles. The van der Waals surface area contributed by atoms with E-state index in [0.29, 0.717) is 26.9 Å². The Morgan fingerprint density at radius 2 is 0.868 bits per heavy atom. The number of H-pyrrole nitrogens is 1. The third-order valence-electron chi connectivity index (χ3n) is 14.3. The van der Waals surface area contributed by atoms with Crippen molar-refractivity contribution in [3.05, 3.63) is 215 Å². The van der Waals surface area contributed by atoms with Gasteiger partial charge < -0.3 is 13.3 Å². The van der Waals surface area contributed by atoms with E-state index in [4.69, 9.17) is 48.1 Å². The van der Waals surface area contributed by atoms with Crippen molar-refractivity contribution in [3.63, 3.8) is 0 Å². The number of oxazole rings is 3. The van der Waals surface area contributed by atoms with Crippen LogP contribution in [-0.4, -0.2) is 151 Å². The number of para-hydroxylation sites is 3. The van der Waals surface area contributed by atoms with Crippen molar-refractivity contribution in [2.24, 2.45) is 15.8 Å². The van der Waals surface area contributed by atoms with Gasteiger partial charge in [0.05, 0.1) is 82.3 Å². The first-order chi connectivity index (χ1) is 59.0. The summed E-state index contributed by atoms with van der Waals surface area (Å²) in [6.45, 7) is 81.0. The van der Waals surface area contributed by atoms with Crippen LogP contribution in [0.5, 0.6) is 0 Å². The molecule has 688 valence electrons. The van der Waals surface area contributed by atoms with Gasteiger partial charge in [0.25, 0.3) is 0 Å². The van der Waals surface area contributed by atoms with E-state index >= 15 is 0 Å². The summed E-state index contributed by atoms with van der Waals surface area (Å²) in [7, 11) is 49.1. The average Bonchev–Trinajstić information content (AvgIpc) is 1.69. The van der Waals surface area contributed by atoms with Crippen LogP contribution in [0.4, 0.5) is 0 Å². The minimum absolute atomic E-state index is 0. The Kier molecular flexibility index (Phi) is 71.7. The standard InChI is InChI=1S/C11H12BNO.C11H13NO.C11H13NS.C10H14.C9H13N.C8H6BNS.C8H12N2.C6H10BN3.2C5H12.C3H2BNO.C3H4BNS.2C2H6.5CH3B.2CH4/c1-11(2,3)7-4-5-9-8(6-7)13-10(12)14-9;2*1-11(2,3)10-12-8-6-4-5-7-9(8)13-10;1-10(2,3)9-7-5-4-6-8-9;1-9(2,3)8-6-4-5-7-10-8;1-5-2-3-7-6(4-5)10-8(9)11-7;1-8(2,3)7-5-4-6-9-10-7;1-6(2,3)4-8-5(7)10-9-4;2*1-5(2,3)4;2*4-3-5-1-2-6-3;7*1-2;;/h4-6H,1-3H3;2*4-7H,1-3H3;4-8H,1-3H3;4-7H,1-3H3;2-4H,1H3;4-6H,1-3H3;1-3H3,(H,8,9,10);2*1-4H3;1-2H;1-2H2;2*1-2H3;5*1H3;2*1H4. The van der Waals surface area contributed by atoms with Crippen LogP contribution in [0.2, 0.25) is 34.1 Å². The fourth-order valence-corrected chi connectivity index (χ4v) is 10.8. The summed E-state index contributed by atoms with van der Waals surface area (Å²) < 4.78 is 17.8. The number of thiazole rings is 2. The molecule has 20 radical (unpaired) electrons. The van der Waals surface area contributed by atoms with Gasteiger partial charge in [0.1, 0.15) is 28.9 Å². The molecular weight excluding hydrogens is 1630 g/mol. The van der Waals surface area contributed by atoms with Crippen LogP contribution in [0.1, 0.15) is 288 Å². The van der Waals surface area contributed by atoms with E-state index in [0.717, 1.165) is 78.3 Å². The Morgan fingerprint density at radius 3 is 1.22 bits per heavy atom. The third kappa shape index (κ3) is 64.5. The normalized spacial score (nSPS) is 10.9. The minimum atomic E-state index is -0.0197. The molecule has 0 fully saturated rings. The quantitative estimate of drug-likeness (QED) is 0.141. The number of fused-ring (bicyclic) bond motifs is 4.